The molecule has 3 heterocycles. The highest BCUT2D eigenvalue weighted by Gasteiger charge is 2.33. The second kappa shape index (κ2) is 11.2. The molecule has 41 heavy (non-hydrogen) atoms. The number of carbonyl (C=O) groups is 1. The number of fused-ring (bicyclic) bond motifs is 1. The van der Waals surface area contributed by atoms with E-state index in [0.29, 0.717) is 37.7 Å². The summed E-state index contributed by atoms with van der Waals surface area (Å²) in [7, 11) is 3.86. The first kappa shape index (κ1) is 28.1. The molecule has 4 aromatic rings. The van der Waals surface area contributed by atoms with Crippen molar-refractivity contribution in [1.29, 1.82) is 0 Å². The van der Waals surface area contributed by atoms with Gasteiger partial charge in [0, 0.05) is 43.6 Å². The molecule has 0 radical (unpaired) electrons. The molecule has 1 aliphatic rings. The summed E-state index contributed by atoms with van der Waals surface area (Å²) in [6.45, 7) is 3.65. The number of allylic oxidation sites excluding steroid dienone is 1. The van der Waals surface area contributed by atoms with Crippen LogP contribution in [0.15, 0.2) is 80.1 Å². The Morgan fingerprint density at radius 3 is 2.59 bits per heavy atom. The number of halogens is 1. The lowest BCUT2D eigenvalue weighted by atomic mass is 9.95. The lowest BCUT2D eigenvalue weighted by Gasteiger charge is -2.25. The average molecular weight is 593 g/mol. The molecule has 0 saturated carbocycles. The number of non-ortho nitro benzene ring substituents is 1. The number of benzene rings is 2. The lowest BCUT2D eigenvalue weighted by Crippen LogP contribution is -2.39. The summed E-state index contributed by atoms with van der Waals surface area (Å²) >= 11 is 7.44. The lowest BCUT2D eigenvalue weighted by molar-refractivity contribution is -0.384. The minimum atomic E-state index is -0.727. The molecule has 0 fully saturated rings. The van der Waals surface area contributed by atoms with Gasteiger partial charge in [-0.3, -0.25) is 19.5 Å². The predicted molar refractivity (Wildman–Crippen MR) is 157 cm³/mol. The molecule has 0 saturated heterocycles. The summed E-state index contributed by atoms with van der Waals surface area (Å²) in [5, 5.41) is 11.2. The van der Waals surface area contributed by atoms with Crippen molar-refractivity contribution in [2.75, 3.05) is 25.6 Å². The molecule has 12 heteroatoms. The van der Waals surface area contributed by atoms with Gasteiger partial charge < -0.3 is 14.1 Å². The summed E-state index contributed by atoms with van der Waals surface area (Å²) in [6.07, 6.45) is 1.60. The fourth-order valence-corrected chi connectivity index (χ4v) is 5.88. The molecular weight excluding hydrogens is 568 g/mol. The Balaban J connectivity index is 1.60. The van der Waals surface area contributed by atoms with Crippen LogP contribution >= 0.6 is 22.9 Å². The number of nitro groups is 1. The van der Waals surface area contributed by atoms with Crippen molar-refractivity contribution in [1.82, 2.24) is 4.57 Å². The van der Waals surface area contributed by atoms with Crippen molar-refractivity contribution in [2.24, 2.45) is 4.99 Å². The van der Waals surface area contributed by atoms with Crippen LogP contribution in [0, 0.1) is 10.1 Å². The topological polar surface area (TPSA) is 120 Å². The maximum atomic E-state index is 13.8. The molecule has 1 aliphatic heterocycles. The molecule has 0 amide bonds. The third kappa shape index (κ3) is 5.33. The van der Waals surface area contributed by atoms with E-state index in [-0.39, 0.29) is 22.9 Å². The number of hydrogen-bond donors (Lipinski definition) is 0. The van der Waals surface area contributed by atoms with E-state index < -0.39 is 16.9 Å². The van der Waals surface area contributed by atoms with Crippen LogP contribution in [-0.2, 0) is 9.53 Å². The largest absolute Gasteiger partial charge is 0.463 e. The molecule has 2 aromatic heterocycles. The van der Waals surface area contributed by atoms with Crippen LogP contribution in [-0.4, -0.2) is 36.2 Å². The van der Waals surface area contributed by atoms with Crippen molar-refractivity contribution in [3.8, 4) is 11.3 Å². The minimum absolute atomic E-state index is 0.130. The molecule has 0 aliphatic carbocycles. The number of aromatic nitrogens is 1. The number of hydrogen-bond acceptors (Lipinski definition) is 9. The summed E-state index contributed by atoms with van der Waals surface area (Å²) < 4.78 is 13.1. The molecule has 0 bridgehead atoms. The summed E-state index contributed by atoms with van der Waals surface area (Å²) in [5.41, 5.74) is 2.51. The van der Waals surface area contributed by atoms with E-state index in [1.54, 1.807) is 32.1 Å². The van der Waals surface area contributed by atoms with E-state index in [4.69, 9.17) is 20.8 Å². The maximum absolute atomic E-state index is 13.8. The molecule has 0 N–H and O–H groups in total. The first-order valence-electron chi connectivity index (χ1n) is 12.6. The van der Waals surface area contributed by atoms with Gasteiger partial charge in [0.15, 0.2) is 4.80 Å². The van der Waals surface area contributed by atoms with Gasteiger partial charge in [0.25, 0.3) is 11.2 Å². The summed E-state index contributed by atoms with van der Waals surface area (Å²) in [6, 6.07) is 14.4. The molecule has 0 spiro atoms. The number of ether oxygens (including phenoxy) is 1. The molecule has 2 aromatic carbocycles. The summed E-state index contributed by atoms with van der Waals surface area (Å²) in [4.78, 5) is 44.4. The van der Waals surface area contributed by atoms with Crippen LogP contribution in [0.25, 0.3) is 17.4 Å². The van der Waals surface area contributed by atoms with E-state index in [9.17, 15) is 19.7 Å². The van der Waals surface area contributed by atoms with Crippen LogP contribution in [0.3, 0.4) is 0 Å². The molecular formula is C29H25ClN4O6S. The number of nitro benzene ring substituents is 1. The third-order valence-electron chi connectivity index (χ3n) is 6.57. The van der Waals surface area contributed by atoms with E-state index in [1.165, 1.54) is 34.1 Å². The van der Waals surface area contributed by atoms with Crippen molar-refractivity contribution in [3.63, 3.8) is 0 Å². The molecule has 1 atom stereocenters. The second-order valence-electron chi connectivity index (χ2n) is 9.41. The first-order chi connectivity index (χ1) is 19.6. The van der Waals surface area contributed by atoms with Crippen molar-refractivity contribution < 1.29 is 18.9 Å². The molecule has 210 valence electrons. The van der Waals surface area contributed by atoms with Gasteiger partial charge in [-0.05, 0) is 49.7 Å². The molecule has 1 unspecified atom stereocenters. The maximum Gasteiger partial charge on any atom is 0.338 e. The van der Waals surface area contributed by atoms with Gasteiger partial charge in [-0.25, -0.2) is 9.79 Å². The number of thiazole rings is 1. The third-order valence-corrected chi connectivity index (χ3v) is 7.87. The van der Waals surface area contributed by atoms with E-state index in [2.05, 4.69) is 4.99 Å². The normalized spacial score (nSPS) is 15.0. The van der Waals surface area contributed by atoms with E-state index in [1.807, 2.05) is 43.3 Å². The molecule has 5 rings (SSSR count). The number of nitrogens with zero attached hydrogens (tertiary/aromatic N) is 4. The minimum Gasteiger partial charge on any atom is -0.463 e. The van der Waals surface area contributed by atoms with Gasteiger partial charge >= 0.3 is 5.97 Å². The second-order valence-corrected chi connectivity index (χ2v) is 10.8. The number of rotatable bonds is 7. The van der Waals surface area contributed by atoms with Crippen LogP contribution < -0.4 is 19.8 Å². The van der Waals surface area contributed by atoms with Crippen molar-refractivity contribution in [2.45, 2.75) is 19.9 Å². The van der Waals surface area contributed by atoms with Crippen LogP contribution in [0.4, 0.5) is 11.4 Å². The van der Waals surface area contributed by atoms with Crippen molar-refractivity contribution in [3.05, 3.63) is 112 Å². The number of esters is 1. The zero-order chi connectivity index (χ0) is 29.4. The van der Waals surface area contributed by atoms with Crippen LogP contribution in [0.2, 0.25) is 5.02 Å². The smallest absolute Gasteiger partial charge is 0.338 e. The Kier molecular flexibility index (Phi) is 7.65. The Morgan fingerprint density at radius 2 is 1.95 bits per heavy atom. The van der Waals surface area contributed by atoms with E-state index >= 15 is 0 Å². The van der Waals surface area contributed by atoms with Gasteiger partial charge in [-0.2, -0.15) is 0 Å². The predicted octanol–water partition coefficient (Wildman–Crippen LogP) is 4.69. The number of carbonyl (C=O) groups excluding carboxylic acids is 1. The van der Waals surface area contributed by atoms with Gasteiger partial charge in [0.05, 0.1) is 38.4 Å². The fraction of sp³-hybridized carbons (Fsp3) is 0.207. The number of anilines is 1. The van der Waals surface area contributed by atoms with Gasteiger partial charge in [-0.1, -0.05) is 35.1 Å². The molecule has 10 nitrogen and oxygen atoms in total. The van der Waals surface area contributed by atoms with Gasteiger partial charge in [-0.15, -0.1) is 0 Å². The van der Waals surface area contributed by atoms with Gasteiger partial charge in [0.2, 0.25) is 0 Å². The zero-order valence-corrected chi connectivity index (χ0v) is 24.2. The highest BCUT2D eigenvalue weighted by molar-refractivity contribution is 7.07. The Morgan fingerprint density at radius 1 is 1.22 bits per heavy atom. The average Bonchev–Trinajstić information content (AvgIpc) is 3.52. The Labute approximate surface area is 243 Å². The van der Waals surface area contributed by atoms with Gasteiger partial charge in [0.1, 0.15) is 11.5 Å². The fourth-order valence-electron chi connectivity index (χ4n) is 4.58. The highest BCUT2D eigenvalue weighted by Crippen LogP contribution is 2.33. The summed E-state index contributed by atoms with van der Waals surface area (Å²) in [5.74, 6) is 0.247. The monoisotopic (exact) mass is 592 g/mol. The van der Waals surface area contributed by atoms with Crippen molar-refractivity contribution >= 4 is 46.4 Å². The zero-order valence-electron chi connectivity index (χ0n) is 22.6. The standard InChI is InChI=1S/C29H25ClN4O6S/c1-5-39-28(36)25-16(2)31-29-33(26(25)17-6-8-18(9-7-17)32(3)4)27(35)24(41-29)15-20-11-13-23(40-20)21-12-10-19(34(37)38)14-22(21)30/h6-15,26H,5H2,1-4H3/b24-15+. The first-order valence-corrected chi connectivity index (χ1v) is 13.8. The highest BCUT2D eigenvalue weighted by atomic mass is 35.5. The quantitative estimate of drug-likeness (QED) is 0.173. The van der Waals surface area contributed by atoms with Crippen LogP contribution in [0.5, 0.6) is 0 Å². The number of furan rings is 1. The Bertz CT molecular complexity index is 1880. The Hall–Kier alpha value is -4.48. The SMILES string of the molecule is CCOC(=O)C1=C(C)N=c2s/c(=C/c3ccc(-c4ccc([N+](=O)[O-])cc4Cl)o3)c(=O)n2C1c1ccc(N(C)C)cc1. The van der Waals surface area contributed by atoms with Crippen LogP contribution in [0.1, 0.15) is 31.2 Å². The van der Waals surface area contributed by atoms with E-state index in [0.717, 1.165) is 11.3 Å².